The first kappa shape index (κ1) is 12.3. The van der Waals surface area contributed by atoms with Crippen molar-refractivity contribution in [3.63, 3.8) is 0 Å². The Hall–Kier alpha value is -1.77. The van der Waals surface area contributed by atoms with E-state index in [2.05, 4.69) is 0 Å². The van der Waals surface area contributed by atoms with E-state index in [4.69, 9.17) is 23.2 Å². The van der Waals surface area contributed by atoms with Gasteiger partial charge in [-0.05, 0) is 29.0 Å². The molecule has 3 aromatic carbocycles. The summed E-state index contributed by atoms with van der Waals surface area (Å²) in [5.41, 5.74) is 0.234. The van der Waals surface area contributed by atoms with Crippen LogP contribution in [0.25, 0.3) is 21.5 Å². The van der Waals surface area contributed by atoms with Crippen LogP contribution in [0.2, 0.25) is 10.0 Å². The monoisotopic (exact) mass is 290 g/mol. The Balaban J connectivity index is 2.66. The smallest absolute Gasteiger partial charge is 0.336 e. The quantitative estimate of drug-likeness (QED) is 0.641. The zero-order chi connectivity index (χ0) is 13.6. The Kier molecular flexibility index (Phi) is 2.85. The van der Waals surface area contributed by atoms with Gasteiger partial charge in [0, 0.05) is 20.8 Å². The highest BCUT2D eigenvalue weighted by atomic mass is 35.5. The number of fused-ring (bicyclic) bond motifs is 2. The maximum atomic E-state index is 11.6. The summed E-state index contributed by atoms with van der Waals surface area (Å²) in [4.78, 5) is 11.6. The molecule has 0 spiro atoms. The van der Waals surface area contributed by atoms with E-state index in [0.29, 0.717) is 31.6 Å². The summed E-state index contributed by atoms with van der Waals surface area (Å²) in [5, 5.41) is 13.1. The lowest BCUT2D eigenvalue weighted by Crippen LogP contribution is -1.99. The molecule has 94 valence electrons. The first-order valence-electron chi connectivity index (χ1n) is 5.62. The molecule has 3 aromatic rings. The van der Waals surface area contributed by atoms with Gasteiger partial charge in [0.05, 0.1) is 5.56 Å². The molecule has 0 aliphatic rings. The van der Waals surface area contributed by atoms with Gasteiger partial charge < -0.3 is 5.11 Å². The molecule has 19 heavy (non-hydrogen) atoms. The van der Waals surface area contributed by atoms with Crippen molar-refractivity contribution in [1.82, 2.24) is 0 Å². The first-order valence-corrected chi connectivity index (χ1v) is 6.38. The number of carboxylic acids is 1. The molecule has 4 heteroatoms. The second kappa shape index (κ2) is 4.41. The van der Waals surface area contributed by atoms with Gasteiger partial charge in [0.2, 0.25) is 0 Å². The largest absolute Gasteiger partial charge is 0.478 e. The second-order valence-corrected chi connectivity index (χ2v) is 5.04. The molecule has 0 aromatic heterocycles. The molecule has 0 aliphatic carbocycles. The number of halogens is 2. The van der Waals surface area contributed by atoms with Crippen molar-refractivity contribution < 1.29 is 9.90 Å². The molecule has 0 aliphatic heterocycles. The molecule has 0 heterocycles. The van der Waals surface area contributed by atoms with Crippen LogP contribution in [0.4, 0.5) is 0 Å². The van der Waals surface area contributed by atoms with Crippen molar-refractivity contribution >= 4 is 50.7 Å². The summed E-state index contributed by atoms with van der Waals surface area (Å²) >= 11 is 12.3. The van der Waals surface area contributed by atoms with E-state index in [1.165, 1.54) is 0 Å². The van der Waals surface area contributed by atoms with Gasteiger partial charge in [0.15, 0.2) is 0 Å². The predicted octanol–water partition coefficient (Wildman–Crippen LogP) is 5.00. The molecular weight excluding hydrogens is 283 g/mol. The molecule has 0 radical (unpaired) electrons. The van der Waals surface area contributed by atoms with Crippen molar-refractivity contribution in [3.05, 3.63) is 58.1 Å². The maximum absolute atomic E-state index is 11.6. The fourth-order valence-corrected chi connectivity index (χ4v) is 2.78. The Bertz CT molecular complexity index is 765. The van der Waals surface area contributed by atoms with Crippen molar-refractivity contribution in [1.29, 1.82) is 0 Å². The number of hydrogen-bond donors (Lipinski definition) is 1. The molecule has 0 fully saturated rings. The van der Waals surface area contributed by atoms with Gasteiger partial charge in [0.1, 0.15) is 0 Å². The summed E-state index contributed by atoms with van der Waals surface area (Å²) < 4.78 is 0. The minimum Gasteiger partial charge on any atom is -0.478 e. The van der Waals surface area contributed by atoms with Gasteiger partial charge >= 0.3 is 5.97 Å². The fourth-order valence-electron chi connectivity index (χ4n) is 2.32. The van der Waals surface area contributed by atoms with Crippen molar-refractivity contribution in [3.8, 4) is 0 Å². The van der Waals surface area contributed by atoms with Crippen LogP contribution >= 0.6 is 23.2 Å². The average molecular weight is 291 g/mol. The van der Waals surface area contributed by atoms with E-state index in [1.54, 1.807) is 36.4 Å². The van der Waals surface area contributed by atoms with Crippen LogP contribution in [0.1, 0.15) is 10.4 Å². The maximum Gasteiger partial charge on any atom is 0.336 e. The van der Waals surface area contributed by atoms with Gasteiger partial charge in [-0.25, -0.2) is 4.79 Å². The molecule has 0 saturated carbocycles. The zero-order valence-corrected chi connectivity index (χ0v) is 11.2. The van der Waals surface area contributed by atoms with E-state index >= 15 is 0 Å². The normalized spacial score (nSPS) is 11.1. The fraction of sp³-hybridized carbons (Fsp3) is 0. The predicted molar refractivity (Wildman–Crippen MR) is 78.4 cm³/mol. The number of hydrogen-bond acceptors (Lipinski definition) is 1. The zero-order valence-electron chi connectivity index (χ0n) is 9.65. The van der Waals surface area contributed by atoms with Crippen LogP contribution in [0.5, 0.6) is 0 Å². The van der Waals surface area contributed by atoms with Gasteiger partial charge in [-0.3, -0.25) is 0 Å². The van der Waals surface area contributed by atoms with E-state index in [9.17, 15) is 9.90 Å². The molecule has 3 rings (SSSR count). The van der Waals surface area contributed by atoms with Gasteiger partial charge in [-0.15, -0.1) is 0 Å². The highest BCUT2D eigenvalue weighted by Crippen LogP contribution is 2.35. The Morgan fingerprint density at radius 2 is 1.32 bits per heavy atom. The van der Waals surface area contributed by atoms with Gasteiger partial charge in [-0.1, -0.05) is 47.5 Å². The summed E-state index contributed by atoms with van der Waals surface area (Å²) in [6.07, 6.45) is 0. The standard InChI is InChI=1S/C15H8Cl2O2/c16-12-5-1-3-8-10(12)7-11-9(14(8)15(18)19)4-2-6-13(11)17/h1-7H,(H,18,19). The van der Waals surface area contributed by atoms with E-state index in [-0.39, 0.29) is 5.56 Å². The molecule has 2 nitrogen and oxygen atoms in total. The van der Waals surface area contributed by atoms with Crippen molar-refractivity contribution in [2.75, 3.05) is 0 Å². The molecule has 1 N–H and O–H groups in total. The number of rotatable bonds is 1. The summed E-state index contributed by atoms with van der Waals surface area (Å²) in [6, 6.07) is 12.3. The lowest BCUT2D eigenvalue weighted by Gasteiger charge is -2.10. The summed E-state index contributed by atoms with van der Waals surface area (Å²) in [6.45, 7) is 0. The molecule has 0 saturated heterocycles. The van der Waals surface area contributed by atoms with Gasteiger partial charge in [0.25, 0.3) is 0 Å². The highest BCUT2D eigenvalue weighted by Gasteiger charge is 2.16. The van der Waals surface area contributed by atoms with Crippen LogP contribution in [0.3, 0.4) is 0 Å². The third kappa shape index (κ3) is 1.84. The molecule has 0 atom stereocenters. The Morgan fingerprint density at radius 3 is 1.74 bits per heavy atom. The third-order valence-electron chi connectivity index (χ3n) is 3.15. The number of aromatic carboxylic acids is 1. The van der Waals surface area contributed by atoms with Crippen LogP contribution in [-0.2, 0) is 0 Å². The number of carboxylic acid groups (broad SMARTS) is 1. The van der Waals surface area contributed by atoms with E-state index in [1.807, 2.05) is 6.07 Å². The second-order valence-electron chi connectivity index (χ2n) is 4.23. The Labute approximate surface area is 119 Å². The molecule has 0 amide bonds. The lowest BCUT2D eigenvalue weighted by atomic mass is 9.97. The van der Waals surface area contributed by atoms with Crippen molar-refractivity contribution in [2.24, 2.45) is 0 Å². The average Bonchev–Trinajstić information content (AvgIpc) is 2.37. The highest BCUT2D eigenvalue weighted by molar-refractivity contribution is 6.39. The van der Waals surface area contributed by atoms with Crippen LogP contribution in [-0.4, -0.2) is 11.1 Å². The summed E-state index contributed by atoms with van der Waals surface area (Å²) in [7, 11) is 0. The lowest BCUT2D eigenvalue weighted by molar-refractivity contribution is 0.0701. The topological polar surface area (TPSA) is 37.3 Å². The molecule has 0 bridgehead atoms. The van der Waals surface area contributed by atoms with Crippen LogP contribution in [0.15, 0.2) is 42.5 Å². The van der Waals surface area contributed by atoms with Crippen molar-refractivity contribution in [2.45, 2.75) is 0 Å². The molecular formula is C15H8Cl2O2. The summed E-state index contributed by atoms with van der Waals surface area (Å²) in [5.74, 6) is -0.986. The van der Waals surface area contributed by atoms with E-state index in [0.717, 1.165) is 0 Å². The number of benzene rings is 3. The van der Waals surface area contributed by atoms with Crippen LogP contribution < -0.4 is 0 Å². The minimum atomic E-state index is -0.986. The van der Waals surface area contributed by atoms with E-state index < -0.39 is 5.97 Å². The number of carbonyl (C=O) groups is 1. The SMILES string of the molecule is O=C(O)c1c2cccc(Cl)c2cc2c(Cl)cccc12. The molecule has 0 unspecified atom stereocenters. The third-order valence-corrected chi connectivity index (χ3v) is 3.81. The van der Waals surface area contributed by atoms with Crippen LogP contribution in [0, 0.1) is 0 Å². The minimum absolute atomic E-state index is 0.234. The van der Waals surface area contributed by atoms with Gasteiger partial charge in [-0.2, -0.15) is 0 Å². The first-order chi connectivity index (χ1) is 9.09. The Morgan fingerprint density at radius 1 is 0.842 bits per heavy atom.